The second kappa shape index (κ2) is 9.15. The van der Waals surface area contributed by atoms with E-state index in [9.17, 15) is 0 Å². The molecule has 116 valence electrons. The number of hydrogen-bond donors (Lipinski definition) is 1. The van der Waals surface area contributed by atoms with E-state index in [-0.39, 0.29) is 6.04 Å². The molecule has 1 N–H and O–H groups in total. The Labute approximate surface area is 127 Å². The van der Waals surface area contributed by atoms with Crippen LogP contribution in [0.1, 0.15) is 38.8 Å². The summed E-state index contributed by atoms with van der Waals surface area (Å²) in [4.78, 5) is 0. The molecule has 1 rings (SSSR count). The molecule has 1 aromatic carbocycles. The van der Waals surface area contributed by atoms with Gasteiger partial charge >= 0.3 is 0 Å². The highest BCUT2D eigenvalue weighted by molar-refractivity contribution is 5.54. The zero-order valence-corrected chi connectivity index (χ0v) is 13.4. The molecule has 0 spiro atoms. The number of rotatable bonds is 9. The van der Waals surface area contributed by atoms with Crippen molar-refractivity contribution < 1.29 is 14.2 Å². The normalized spacial score (nSPS) is 11.6. The van der Waals surface area contributed by atoms with E-state index in [2.05, 4.69) is 11.2 Å². The molecule has 0 aliphatic heterocycles. The Bertz CT molecular complexity index is 452. The zero-order chi connectivity index (χ0) is 15.7. The summed E-state index contributed by atoms with van der Waals surface area (Å²) in [6.07, 6.45) is 6.04. The molecule has 0 aromatic heterocycles. The summed E-state index contributed by atoms with van der Waals surface area (Å²) >= 11 is 0. The highest BCUT2D eigenvalue weighted by Gasteiger charge is 2.18. The first-order valence-electron chi connectivity index (χ1n) is 7.38. The van der Waals surface area contributed by atoms with Crippen molar-refractivity contribution in [2.24, 2.45) is 0 Å². The lowest BCUT2D eigenvalue weighted by molar-refractivity contribution is 0.260. The van der Waals surface area contributed by atoms with E-state index >= 15 is 0 Å². The SMILES string of the molecule is C#CCC(NC)c1cc(OCC)c(OCC)c(OCC)c1. The highest BCUT2D eigenvalue weighted by Crippen LogP contribution is 2.40. The molecule has 0 radical (unpaired) electrons. The molecule has 1 atom stereocenters. The van der Waals surface area contributed by atoms with Gasteiger partial charge in [0.2, 0.25) is 5.75 Å². The standard InChI is InChI=1S/C17H25NO3/c1-6-10-14(18-5)13-11-15(19-7-2)17(21-9-4)16(12-13)20-8-3/h1,11-12,14,18H,7-10H2,2-5H3. The van der Waals surface area contributed by atoms with Gasteiger partial charge in [-0.15, -0.1) is 12.3 Å². The molecule has 0 bridgehead atoms. The first-order valence-corrected chi connectivity index (χ1v) is 7.38. The van der Waals surface area contributed by atoms with Gasteiger partial charge in [0.25, 0.3) is 0 Å². The monoisotopic (exact) mass is 291 g/mol. The molecule has 0 amide bonds. The lowest BCUT2D eigenvalue weighted by atomic mass is 10.0. The fourth-order valence-electron chi connectivity index (χ4n) is 2.11. The third kappa shape index (κ3) is 4.57. The summed E-state index contributed by atoms with van der Waals surface area (Å²) in [6, 6.07) is 3.99. The molecule has 4 nitrogen and oxygen atoms in total. The Morgan fingerprint density at radius 1 is 1.05 bits per heavy atom. The lowest BCUT2D eigenvalue weighted by Crippen LogP contribution is -2.16. The predicted octanol–water partition coefficient (Wildman–Crippen LogP) is 3.17. The van der Waals surface area contributed by atoms with Crippen molar-refractivity contribution in [1.82, 2.24) is 5.32 Å². The minimum absolute atomic E-state index is 0.0593. The fraction of sp³-hybridized carbons (Fsp3) is 0.529. The van der Waals surface area contributed by atoms with E-state index in [1.54, 1.807) is 0 Å². The first kappa shape index (κ1) is 17.2. The summed E-state index contributed by atoms with van der Waals surface area (Å²) in [6.45, 7) is 7.51. The van der Waals surface area contributed by atoms with Gasteiger partial charge < -0.3 is 19.5 Å². The van der Waals surface area contributed by atoms with Crippen LogP contribution in [0.5, 0.6) is 17.2 Å². The number of nitrogens with one attached hydrogen (secondary N) is 1. The molecule has 1 unspecified atom stereocenters. The summed E-state index contributed by atoms with van der Waals surface area (Å²) in [5.74, 6) is 4.72. The molecule has 0 heterocycles. The zero-order valence-electron chi connectivity index (χ0n) is 13.4. The van der Waals surface area contributed by atoms with Crippen LogP contribution < -0.4 is 19.5 Å². The van der Waals surface area contributed by atoms with Gasteiger partial charge in [0.05, 0.1) is 19.8 Å². The molecule has 0 saturated carbocycles. The highest BCUT2D eigenvalue weighted by atomic mass is 16.5. The Morgan fingerprint density at radius 3 is 1.95 bits per heavy atom. The van der Waals surface area contributed by atoms with Gasteiger partial charge in [0.15, 0.2) is 11.5 Å². The van der Waals surface area contributed by atoms with Gasteiger partial charge in [-0.05, 0) is 45.5 Å². The van der Waals surface area contributed by atoms with Crippen molar-refractivity contribution in [3.63, 3.8) is 0 Å². The van der Waals surface area contributed by atoms with Crippen molar-refractivity contribution in [2.45, 2.75) is 33.2 Å². The van der Waals surface area contributed by atoms with Gasteiger partial charge in [0.1, 0.15) is 0 Å². The molecular formula is C17H25NO3. The maximum Gasteiger partial charge on any atom is 0.203 e. The van der Waals surface area contributed by atoms with Crippen molar-refractivity contribution in [3.8, 4) is 29.6 Å². The van der Waals surface area contributed by atoms with Crippen LogP contribution in [-0.4, -0.2) is 26.9 Å². The molecule has 1 aromatic rings. The number of ether oxygens (including phenoxy) is 3. The van der Waals surface area contributed by atoms with Crippen molar-refractivity contribution in [2.75, 3.05) is 26.9 Å². The van der Waals surface area contributed by atoms with Crippen LogP contribution in [0.4, 0.5) is 0 Å². The minimum atomic E-state index is 0.0593. The average molecular weight is 291 g/mol. The number of hydrogen-bond acceptors (Lipinski definition) is 4. The fourth-order valence-corrected chi connectivity index (χ4v) is 2.11. The number of benzene rings is 1. The Balaban J connectivity index is 3.30. The summed E-state index contributed by atoms with van der Waals surface area (Å²) < 4.78 is 17.1. The lowest BCUT2D eigenvalue weighted by Gasteiger charge is -2.20. The summed E-state index contributed by atoms with van der Waals surface area (Å²) in [5.41, 5.74) is 1.03. The number of terminal acetylenes is 1. The van der Waals surface area contributed by atoms with Gasteiger partial charge in [-0.2, -0.15) is 0 Å². The largest absolute Gasteiger partial charge is 0.490 e. The molecular weight excluding hydrogens is 266 g/mol. The molecule has 0 saturated heterocycles. The van der Waals surface area contributed by atoms with Crippen molar-refractivity contribution >= 4 is 0 Å². The van der Waals surface area contributed by atoms with Gasteiger partial charge in [-0.1, -0.05) is 0 Å². The third-order valence-corrected chi connectivity index (χ3v) is 3.00. The van der Waals surface area contributed by atoms with Crippen LogP contribution in [0, 0.1) is 12.3 Å². The van der Waals surface area contributed by atoms with Crippen molar-refractivity contribution in [3.05, 3.63) is 17.7 Å². The van der Waals surface area contributed by atoms with Crippen LogP contribution >= 0.6 is 0 Å². The van der Waals surface area contributed by atoms with Crippen LogP contribution in [-0.2, 0) is 0 Å². The van der Waals surface area contributed by atoms with Crippen LogP contribution in [0.25, 0.3) is 0 Å². The topological polar surface area (TPSA) is 39.7 Å². The maximum absolute atomic E-state index is 5.71. The van der Waals surface area contributed by atoms with E-state index in [0.717, 1.165) is 5.56 Å². The third-order valence-electron chi connectivity index (χ3n) is 3.00. The second-order valence-corrected chi connectivity index (χ2v) is 4.39. The quantitative estimate of drug-likeness (QED) is 0.709. The second-order valence-electron chi connectivity index (χ2n) is 4.39. The van der Waals surface area contributed by atoms with E-state index in [1.165, 1.54) is 0 Å². The molecule has 21 heavy (non-hydrogen) atoms. The van der Waals surface area contributed by atoms with E-state index in [1.807, 2.05) is 40.0 Å². The molecule has 0 fully saturated rings. The Morgan fingerprint density at radius 2 is 1.57 bits per heavy atom. The van der Waals surface area contributed by atoms with Crippen molar-refractivity contribution in [1.29, 1.82) is 0 Å². The predicted molar refractivity (Wildman–Crippen MR) is 85.2 cm³/mol. The van der Waals surface area contributed by atoms with Gasteiger partial charge in [-0.3, -0.25) is 0 Å². The molecule has 0 aliphatic rings. The summed E-state index contributed by atoms with van der Waals surface area (Å²) in [7, 11) is 1.89. The van der Waals surface area contributed by atoms with Crippen LogP contribution in [0.2, 0.25) is 0 Å². The van der Waals surface area contributed by atoms with Gasteiger partial charge in [-0.25, -0.2) is 0 Å². The van der Waals surface area contributed by atoms with E-state index < -0.39 is 0 Å². The Kier molecular flexibility index (Phi) is 7.49. The molecule has 4 heteroatoms. The van der Waals surface area contributed by atoms with Crippen LogP contribution in [0.15, 0.2) is 12.1 Å². The molecule has 0 aliphatic carbocycles. The average Bonchev–Trinajstić information content (AvgIpc) is 2.48. The summed E-state index contributed by atoms with van der Waals surface area (Å²) in [5, 5.41) is 3.21. The smallest absolute Gasteiger partial charge is 0.203 e. The van der Waals surface area contributed by atoms with Gasteiger partial charge in [0, 0.05) is 12.5 Å². The maximum atomic E-state index is 5.71. The minimum Gasteiger partial charge on any atom is -0.490 e. The van der Waals surface area contributed by atoms with Crippen LogP contribution in [0.3, 0.4) is 0 Å². The van der Waals surface area contributed by atoms with E-state index in [4.69, 9.17) is 20.6 Å². The van der Waals surface area contributed by atoms with E-state index in [0.29, 0.717) is 43.5 Å². The first-order chi connectivity index (χ1) is 10.2. The Hall–Kier alpha value is -1.86.